The molecule has 35 heavy (non-hydrogen) atoms. The molecule has 10 heteroatoms. The average molecular weight is 514 g/mol. The number of rotatable bonds is 8. The molecule has 1 aliphatic heterocycles. The van der Waals surface area contributed by atoms with Crippen molar-refractivity contribution in [3.8, 4) is 0 Å². The second kappa shape index (κ2) is 10.1. The highest BCUT2D eigenvalue weighted by atomic mass is 35.5. The summed E-state index contributed by atoms with van der Waals surface area (Å²) in [4.78, 5) is 23.7. The van der Waals surface area contributed by atoms with Crippen LogP contribution < -0.4 is 15.2 Å². The Morgan fingerprint density at radius 3 is 2.46 bits per heavy atom. The Bertz CT molecular complexity index is 1380. The van der Waals surface area contributed by atoms with E-state index in [0.717, 1.165) is 23.2 Å². The lowest BCUT2D eigenvalue weighted by molar-refractivity contribution is 0.0696. The number of hydrogen-bond donors (Lipinski definition) is 3. The maximum absolute atomic E-state index is 13.0. The molecule has 0 fully saturated rings. The third-order valence-electron chi connectivity index (χ3n) is 5.82. The summed E-state index contributed by atoms with van der Waals surface area (Å²) in [7, 11) is -4.00. The molecule has 3 aromatic rings. The first kappa shape index (κ1) is 24.7. The van der Waals surface area contributed by atoms with E-state index in [-0.39, 0.29) is 33.6 Å². The van der Waals surface area contributed by atoms with E-state index in [4.69, 9.17) is 16.7 Å². The summed E-state index contributed by atoms with van der Waals surface area (Å²) in [5, 5.41) is 10.8. The predicted octanol–water partition coefficient (Wildman–Crippen LogP) is 3.66. The van der Waals surface area contributed by atoms with Crippen molar-refractivity contribution in [3.63, 3.8) is 0 Å². The highest BCUT2D eigenvalue weighted by Gasteiger charge is 2.28. The first-order valence-electron chi connectivity index (χ1n) is 11.0. The van der Waals surface area contributed by atoms with Gasteiger partial charge in [-0.05, 0) is 67.3 Å². The van der Waals surface area contributed by atoms with Crippen LogP contribution in [0.25, 0.3) is 0 Å². The Morgan fingerprint density at radius 1 is 1.06 bits per heavy atom. The number of fused-ring (bicyclic) bond motifs is 1. The van der Waals surface area contributed by atoms with Crippen molar-refractivity contribution in [2.45, 2.75) is 30.7 Å². The number of carbonyl (C=O) groups excluding carboxylic acids is 1. The highest BCUT2D eigenvalue weighted by molar-refractivity contribution is 7.89. The standard InChI is InChI=1S/C25H24ClN3O5S/c1-16-14-19-4-2-3-5-22(19)29(16)28-24(30)20-10-11-21(26)23(15-20)35(33,34)27-13-12-17-6-8-18(9-7-17)25(31)32/h2-11,15-16,27H,12-14H2,1H3,(H,28,30)(H,31,32)/t16-/m1/s1. The van der Waals surface area contributed by atoms with Crippen molar-refractivity contribution in [2.75, 3.05) is 11.6 Å². The number of para-hydroxylation sites is 1. The fourth-order valence-electron chi connectivity index (χ4n) is 3.98. The third-order valence-corrected chi connectivity index (χ3v) is 7.76. The summed E-state index contributed by atoms with van der Waals surface area (Å²) < 4.78 is 28.3. The molecule has 0 bridgehead atoms. The van der Waals surface area contributed by atoms with Gasteiger partial charge in [-0.1, -0.05) is 41.9 Å². The van der Waals surface area contributed by atoms with E-state index in [0.29, 0.717) is 6.42 Å². The molecule has 0 saturated carbocycles. The number of halogens is 1. The van der Waals surface area contributed by atoms with Crippen molar-refractivity contribution in [1.29, 1.82) is 0 Å². The summed E-state index contributed by atoms with van der Waals surface area (Å²) >= 11 is 6.17. The highest BCUT2D eigenvalue weighted by Crippen LogP contribution is 2.30. The van der Waals surface area contributed by atoms with Crippen LogP contribution in [0.1, 0.15) is 38.8 Å². The van der Waals surface area contributed by atoms with Crippen LogP contribution >= 0.6 is 11.6 Å². The lowest BCUT2D eigenvalue weighted by atomic mass is 10.1. The lowest BCUT2D eigenvalue weighted by Crippen LogP contribution is -2.45. The summed E-state index contributed by atoms with van der Waals surface area (Å²) in [5.41, 5.74) is 6.00. The minimum absolute atomic E-state index is 0.000234. The van der Waals surface area contributed by atoms with Crippen molar-refractivity contribution in [2.24, 2.45) is 0 Å². The summed E-state index contributed by atoms with van der Waals surface area (Å²) in [6.45, 7) is 2.07. The fourth-order valence-corrected chi connectivity index (χ4v) is 5.54. The van der Waals surface area contributed by atoms with E-state index >= 15 is 0 Å². The molecule has 0 unspecified atom stereocenters. The number of sulfonamides is 1. The van der Waals surface area contributed by atoms with Crippen LogP contribution in [0.4, 0.5) is 5.69 Å². The summed E-state index contributed by atoms with van der Waals surface area (Å²) in [6, 6.07) is 18.2. The first-order chi connectivity index (χ1) is 16.7. The van der Waals surface area contributed by atoms with Crippen molar-refractivity contribution < 1.29 is 23.1 Å². The van der Waals surface area contributed by atoms with E-state index in [2.05, 4.69) is 10.1 Å². The predicted molar refractivity (Wildman–Crippen MR) is 133 cm³/mol. The van der Waals surface area contributed by atoms with Gasteiger partial charge in [0.1, 0.15) is 4.90 Å². The zero-order chi connectivity index (χ0) is 25.2. The molecule has 0 aromatic heterocycles. The van der Waals surface area contributed by atoms with E-state index in [9.17, 15) is 18.0 Å². The zero-order valence-corrected chi connectivity index (χ0v) is 20.4. The minimum atomic E-state index is -4.00. The number of carboxylic acids is 1. The molecule has 1 atom stereocenters. The van der Waals surface area contributed by atoms with Crippen LogP contribution in [-0.2, 0) is 22.9 Å². The molecule has 0 spiro atoms. The van der Waals surface area contributed by atoms with Gasteiger partial charge in [-0.2, -0.15) is 0 Å². The molecule has 3 N–H and O–H groups in total. The lowest BCUT2D eigenvalue weighted by Gasteiger charge is -2.25. The van der Waals surface area contributed by atoms with Gasteiger partial charge in [0.15, 0.2) is 0 Å². The van der Waals surface area contributed by atoms with Gasteiger partial charge in [-0.15, -0.1) is 0 Å². The number of hydrogen-bond acceptors (Lipinski definition) is 5. The van der Waals surface area contributed by atoms with E-state index in [1.807, 2.05) is 31.2 Å². The van der Waals surface area contributed by atoms with Gasteiger partial charge in [0.05, 0.1) is 22.3 Å². The topological polar surface area (TPSA) is 116 Å². The molecule has 0 radical (unpaired) electrons. The van der Waals surface area contributed by atoms with Crippen LogP contribution in [0.5, 0.6) is 0 Å². The summed E-state index contributed by atoms with van der Waals surface area (Å²) in [6.07, 6.45) is 1.14. The maximum atomic E-state index is 13.0. The second-order valence-corrected chi connectivity index (χ2v) is 10.4. The summed E-state index contributed by atoms with van der Waals surface area (Å²) in [5.74, 6) is -1.47. The number of nitrogens with zero attached hydrogens (tertiary/aromatic N) is 1. The molecule has 0 aliphatic carbocycles. The largest absolute Gasteiger partial charge is 0.478 e. The number of hydrazine groups is 1. The Balaban J connectivity index is 1.45. The average Bonchev–Trinajstić information content (AvgIpc) is 3.14. The smallest absolute Gasteiger partial charge is 0.335 e. The van der Waals surface area contributed by atoms with Gasteiger partial charge >= 0.3 is 5.97 Å². The number of amides is 1. The molecule has 1 heterocycles. The van der Waals surface area contributed by atoms with Gasteiger partial charge in [0, 0.05) is 12.1 Å². The second-order valence-electron chi connectivity index (χ2n) is 8.29. The van der Waals surface area contributed by atoms with Gasteiger partial charge in [0.25, 0.3) is 5.91 Å². The normalized spacial score (nSPS) is 15.0. The number of benzene rings is 3. The molecule has 3 aromatic carbocycles. The zero-order valence-electron chi connectivity index (χ0n) is 18.9. The maximum Gasteiger partial charge on any atom is 0.335 e. The van der Waals surface area contributed by atoms with Crippen molar-refractivity contribution in [1.82, 2.24) is 10.1 Å². The molecule has 182 valence electrons. The number of anilines is 1. The van der Waals surface area contributed by atoms with Crippen LogP contribution in [0.2, 0.25) is 5.02 Å². The van der Waals surface area contributed by atoms with Crippen LogP contribution in [0.15, 0.2) is 71.6 Å². The van der Waals surface area contributed by atoms with Crippen LogP contribution in [-0.4, -0.2) is 38.0 Å². The Hall–Kier alpha value is -3.40. The molecule has 1 aliphatic rings. The van der Waals surface area contributed by atoms with Crippen molar-refractivity contribution >= 4 is 39.2 Å². The molecule has 0 saturated heterocycles. The molecule has 4 rings (SSSR count). The van der Waals surface area contributed by atoms with E-state index < -0.39 is 21.9 Å². The minimum Gasteiger partial charge on any atom is -0.478 e. The number of nitrogens with one attached hydrogen (secondary N) is 2. The van der Waals surface area contributed by atoms with Gasteiger partial charge in [-0.25, -0.2) is 17.9 Å². The van der Waals surface area contributed by atoms with E-state index in [1.54, 1.807) is 17.1 Å². The third kappa shape index (κ3) is 5.48. The quantitative estimate of drug-likeness (QED) is 0.423. The molecule has 8 nitrogen and oxygen atoms in total. The number of carbonyl (C=O) groups is 2. The SMILES string of the molecule is C[C@@H]1Cc2ccccc2N1NC(=O)c1ccc(Cl)c(S(=O)(=O)NCCc2ccc(C(=O)O)cc2)c1. The van der Waals surface area contributed by atoms with E-state index in [1.165, 1.54) is 30.3 Å². The molecular formula is C25H24ClN3O5S. The molecule has 1 amide bonds. The van der Waals surface area contributed by atoms with Gasteiger partial charge in [0.2, 0.25) is 10.0 Å². The van der Waals surface area contributed by atoms with Crippen molar-refractivity contribution in [3.05, 3.63) is 94.0 Å². The first-order valence-corrected chi connectivity index (χ1v) is 12.8. The van der Waals surface area contributed by atoms with Crippen LogP contribution in [0.3, 0.4) is 0 Å². The molecular weight excluding hydrogens is 490 g/mol. The van der Waals surface area contributed by atoms with Crippen LogP contribution in [0, 0.1) is 0 Å². The number of aromatic carboxylic acids is 1. The Labute approximate surface area is 208 Å². The Kier molecular flexibility index (Phi) is 7.11. The van der Waals surface area contributed by atoms with Gasteiger partial charge < -0.3 is 5.11 Å². The van der Waals surface area contributed by atoms with Gasteiger partial charge in [-0.3, -0.25) is 15.2 Å². The monoisotopic (exact) mass is 513 g/mol. The number of carboxylic acid groups (broad SMARTS) is 1. The fraction of sp³-hybridized carbons (Fsp3) is 0.200. The Morgan fingerprint density at radius 2 is 1.74 bits per heavy atom.